The van der Waals surface area contributed by atoms with Gasteiger partial charge < -0.3 is 0 Å². The third-order valence-electron chi connectivity index (χ3n) is 2.98. The first-order valence-corrected chi connectivity index (χ1v) is 4.88. The van der Waals surface area contributed by atoms with E-state index < -0.39 is 0 Å². The molecule has 0 bridgehead atoms. The molecule has 0 heteroatoms. The predicted octanol–water partition coefficient (Wildman–Crippen LogP) is 3.78. The van der Waals surface area contributed by atoms with Crippen molar-refractivity contribution in [2.75, 3.05) is 0 Å². The fraction of sp³-hybridized carbons (Fsp3) is 0.818. The summed E-state index contributed by atoms with van der Waals surface area (Å²) < 4.78 is 0. The summed E-state index contributed by atoms with van der Waals surface area (Å²) in [5.41, 5.74) is 3.52. The van der Waals surface area contributed by atoms with Gasteiger partial charge in [-0.1, -0.05) is 38.8 Å². The lowest BCUT2D eigenvalue weighted by atomic mass is 9.75. The molecule has 0 heterocycles. The van der Waals surface area contributed by atoms with E-state index in [9.17, 15) is 0 Å². The van der Waals surface area contributed by atoms with E-state index in [0.717, 1.165) is 11.8 Å². The molecule has 0 fully saturated rings. The van der Waals surface area contributed by atoms with Crippen molar-refractivity contribution in [1.82, 2.24) is 0 Å². The first kappa shape index (κ1) is 8.83. The number of hydrogen-bond acceptors (Lipinski definition) is 0. The summed E-state index contributed by atoms with van der Waals surface area (Å²) in [4.78, 5) is 0. The summed E-state index contributed by atoms with van der Waals surface area (Å²) in [5, 5.41) is 0. The van der Waals surface area contributed by atoms with Crippen molar-refractivity contribution >= 4 is 0 Å². The van der Waals surface area contributed by atoms with Crippen LogP contribution in [0.1, 0.15) is 47.0 Å². The van der Waals surface area contributed by atoms with Crippen LogP contribution in [0.4, 0.5) is 0 Å². The lowest BCUT2D eigenvalue weighted by Crippen LogP contribution is -2.15. The average molecular weight is 152 g/mol. The van der Waals surface area contributed by atoms with Crippen LogP contribution >= 0.6 is 0 Å². The molecule has 0 aromatic heterocycles. The van der Waals surface area contributed by atoms with Crippen LogP contribution in [-0.4, -0.2) is 0 Å². The highest BCUT2D eigenvalue weighted by Gasteiger charge is 2.22. The summed E-state index contributed by atoms with van der Waals surface area (Å²) in [7, 11) is 0. The Morgan fingerprint density at radius 1 is 1.09 bits per heavy atom. The maximum absolute atomic E-state index is 2.36. The van der Waals surface area contributed by atoms with Gasteiger partial charge >= 0.3 is 0 Å². The lowest BCUT2D eigenvalue weighted by molar-refractivity contribution is 0.526. The molecule has 1 aliphatic rings. The second-order valence-corrected chi connectivity index (χ2v) is 4.01. The van der Waals surface area contributed by atoms with E-state index in [0.29, 0.717) is 0 Å². The molecular weight excluding hydrogens is 132 g/mol. The highest BCUT2D eigenvalue weighted by atomic mass is 14.3. The Labute approximate surface area is 70.7 Å². The minimum Gasteiger partial charge on any atom is -0.0679 e. The molecule has 64 valence electrons. The molecule has 0 N–H and O–H groups in total. The van der Waals surface area contributed by atoms with E-state index in [4.69, 9.17) is 0 Å². The molecular formula is C11H20. The second-order valence-electron chi connectivity index (χ2n) is 4.01. The summed E-state index contributed by atoms with van der Waals surface area (Å²) in [6.45, 7) is 9.28. The second kappa shape index (κ2) is 3.42. The van der Waals surface area contributed by atoms with Gasteiger partial charge in [0.1, 0.15) is 0 Å². The fourth-order valence-electron chi connectivity index (χ4n) is 1.88. The van der Waals surface area contributed by atoms with Crippen LogP contribution in [0.2, 0.25) is 0 Å². The minimum absolute atomic E-state index is 0.799. The molecule has 1 rings (SSSR count). The van der Waals surface area contributed by atoms with Gasteiger partial charge in [0, 0.05) is 0 Å². The van der Waals surface area contributed by atoms with Crippen LogP contribution < -0.4 is 0 Å². The zero-order valence-corrected chi connectivity index (χ0v) is 8.28. The zero-order chi connectivity index (χ0) is 8.43. The third kappa shape index (κ3) is 1.66. The van der Waals surface area contributed by atoms with Crippen molar-refractivity contribution in [3.05, 3.63) is 11.1 Å². The van der Waals surface area contributed by atoms with Crippen LogP contribution in [0.25, 0.3) is 0 Å². The Hall–Kier alpha value is -0.260. The molecule has 1 atom stereocenters. The monoisotopic (exact) mass is 152 g/mol. The van der Waals surface area contributed by atoms with Gasteiger partial charge in [-0.2, -0.15) is 0 Å². The van der Waals surface area contributed by atoms with E-state index in [2.05, 4.69) is 27.7 Å². The molecule has 0 saturated heterocycles. The van der Waals surface area contributed by atoms with Gasteiger partial charge in [-0.3, -0.25) is 0 Å². The Balaban J connectivity index is 2.64. The molecule has 0 saturated carbocycles. The van der Waals surface area contributed by atoms with Crippen molar-refractivity contribution in [1.29, 1.82) is 0 Å². The molecule has 1 aliphatic carbocycles. The van der Waals surface area contributed by atoms with Crippen molar-refractivity contribution in [2.24, 2.45) is 11.8 Å². The molecule has 0 amide bonds. The quantitative estimate of drug-likeness (QED) is 0.540. The van der Waals surface area contributed by atoms with Gasteiger partial charge in [0.2, 0.25) is 0 Å². The fourth-order valence-corrected chi connectivity index (χ4v) is 1.88. The highest BCUT2D eigenvalue weighted by Crippen LogP contribution is 2.38. The number of allylic oxidation sites excluding steroid dienone is 2. The van der Waals surface area contributed by atoms with Gasteiger partial charge in [0.25, 0.3) is 0 Å². The summed E-state index contributed by atoms with van der Waals surface area (Å²) in [6.07, 6.45) is 4.06. The van der Waals surface area contributed by atoms with Crippen molar-refractivity contribution in [2.45, 2.75) is 47.0 Å². The first-order valence-electron chi connectivity index (χ1n) is 4.88. The van der Waals surface area contributed by atoms with Crippen molar-refractivity contribution in [3.8, 4) is 0 Å². The molecule has 0 aliphatic heterocycles. The van der Waals surface area contributed by atoms with E-state index in [-0.39, 0.29) is 0 Å². The molecule has 11 heavy (non-hydrogen) atoms. The molecule has 0 radical (unpaired) electrons. The van der Waals surface area contributed by atoms with Crippen molar-refractivity contribution < 1.29 is 0 Å². The Kier molecular flexibility index (Phi) is 2.75. The highest BCUT2D eigenvalue weighted by molar-refractivity contribution is 5.27. The standard InChI is InChI=1S/C11H20/c1-5-9(4)11-7-6-10(11)8(2)3/h8-9H,5-7H2,1-4H3. The van der Waals surface area contributed by atoms with E-state index in [1.807, 2.05) is 0 Å². The van der Waals surface area contributed by atoms with Gasteiger partial charge in [-0.15, -0.1) is 0 Å². The zero-order valence-electron chi connectivity index (χ0n) is 8.28. The van der Waals surface area contributed by atoms with Crippen LogP contribution in [0.5, 0.6) is 0 Å². The Bertz CT molecular complexity index is 163. The van der Waals surface area contributed by atoms with Crippen LogP contribution in [0, 0.1) is 11.8 Å². The smallest absolute Gasteiger partial charge is 0.0231 e. The minimum atomic E-state index is 0.799. The third-order valence-corrected chi connectivity index (χ3v) is 2.98. The molecule has 0 aromatic rings. The first-order chi connectivity index (χ1) is 5.16. The molecule has 0 spiro atoms. The molecule has 0 aromatic carbocycles. The van der Waals surface area contributed by atoms with Gasteiger partial charge in [0.15, 0.2) is 0 Å². The number of hydrogen-bond donors (Lipinski definition) is 0. The van der Waals surface area contributed by atoms with Gasteiger partial charge in [-0.25, -0.2) is 0 Å². The van der Waals surface area contributed by atoms with E-state index in [1.54, 1.807) is 11.1 Å². The summed E-state index contributed by atoms with van der Waals surface area (Å²) >= 11 is 0. The summed E-state index contributed by atoms with van der Waals surface area (Å²) in [6, 6.07) is 0. The maximum Gasteiger partial charge on any atom is -0.0231 e. The Morgan fingerprint density at radius 3 is 1.91 bits per heavy atom. The van der Waals surface area contributed by atoms with E-state index >= 15 is 0 Å². The molecule has 1 unspecified atom stereocenters. The van der Waals surface area contributed by atoms with Gasteiger partial charge in [0.05, 0.1) is 0 Å². The van der Waals surface area contributed by atoms with Crippen LogP contribution in [0.3, 0.4) is 0 Å². The average Bonchev–Trinajstić information content (AvgIpc) is 1.83. The molecule has 0 nitrogen and oxygen atoms in total. The predicted molar refractivity (Wildman–Crippen MR) is 50.6 cm³/mol. The van der Waals surface area contributed by atoms with E-state index in [1.165, 1.54) is 19.3 Å². The maximum atomic E-state index is 2.36. The van der Waals surface area contributed by atoms with Gasteiger partial charge in [-0.05, 0) is 31.1 Å². The lowest BCUT2D eigenvalue weighted by Gasteiger charge is -2.30. The number of rotatable bonds is 3. The van der Waals surface area contributed by atoms with Crippen LogP contribution in [0.15, 0.2) is 11.1 Å². The SMILES string of the molecule is CCC(C)C1=C(C(C)C)CC1. The van der Waals surface area contributed by atoms with Crippen molar-refractivity contribution in [3.63, 3.8) is 0 Å². The Morgan fingerprint density at radius 2 is 1.64 bits per heavy atom. The largest absolute Gasteiger partial charge is 0.0679 e. The topological polar surface area (TPSA) is 0 Å². The summed E-state index contributed by atoms with van der Waals surface area (Å²) in [5.74, 6) is 1.65. The van der Waals surface area contributed by atoms with Crippen LogP contribution in [-0.2, 0) is 0 Å². The normalized spacial score (nSPS) is 20.5.